The number of likely N-dealkylation sites (tertiary alicyclic amines) is 1. The number of methoxy groups -OCH3 is 1. The SMILES string of the molecule is COc1cccc(C2(C3CCN(Cc4ccccc4)CC3)CCC(=O)NC2=O)c1. The molecule has 2 aromatic rings. The van der Waals surface area contributed by atoms with Crippen molar-refractivity contribution in [1.29, 1.82) is 0 Å². The minimum Gasteiger partial charge on any atom is -0.497 e. The zero-order chi connectivity index (χ0) is 20.3. The zero-order valence-corrected chi connectivity index (χ0v) is 16.9. The molecule has 152 valence electrons. The minimum absolute atomic E-state index is 0.150. The molecule has 2 heterocycles. The van der Waals surface area contributed by atoms with Gasteiger partial charge in [-0.3, -0.25) is 19.8 Å². The predicted octanol–water partition coefficient (Wildman–Crippen LogP) is 3.28. The van der Waals surface area contributed by atoms with Crippen LogP contribution in [0.3, 0.4) is 0 Å². The van der Waals surface area contributed by atoms with Gasteiger partial charge in [-0.2, -0.15) is 0 Å². The van der Waals surface area contributed by atoms with Crippen molar-refractivity contribution in [2.75, 3.05) is 20.2 Å². The van der Waals surface area contributed by atoms with Gasteiger partial charge >= 0.3 is 0 Å². The van der Waals surface area contributed by atoms with Crippen LogP contribution < -0.4 is 10.1 Å². The maximum absolute atomic E-state index is 13.2. The highest BCUT2D eigenvalue weighted by Crippen LogP contribution is 2.45. The Balaban J connectivity index is 1.56. The van der Waals surface area contributed by atoms with E-state index in [4.69, 9.17) is 4.74 Å². The van der Waals surface area contributed by atoms with Crippen LogP contribution in [0.4, 0.5) is 0 Å². The lowest BCUT2D eigenvalue weighted by Gasteiger charge is -2.45. The molecule has 0 spiro atoms. The molecular formula is C24H28N2O3. The first-order valence-electron chi connectivity index (χ1n) is 10.4. The van der Waals surface area contributed by atoms with Crippen molar-refractivity contribution in [3.8, 4) is 5.75 Å². The van der Waals surface area contributed by atoms with E-state index in [9.17, 15) is 9.59 Å². The average Bonchev–Trinajstić information content (AvgIpc) is 2.76. The molecule has 2 aliphatic rings. The van der Waals surface area contributed by atoms with Crippen molar-refractivity contribution in [1.82, 2.24) is 10.2 Å². The largest absolute Gasteiger partial charge is 0.497 e. The van der Waals surface area contributed by atoms with Gasteiger partial charge in [-0.1, -0.05) is 42.5 Å². The van der Waals surface area contributed by atoms with E-state index in [0.29, 0.717) is 12.8 Å². The Bertz CT molecular complexity index is 875. The van der Waals surface area contributed by atoms with Gasteiger partial charge in [-0.15, -0.1) is 0 Å². The molecule has 2 saturated heterocycles. The molecule has 0 bridgehead atoms. The van der Waals surface area contributed by atoms with Gasteiger partial charge in [-0.05, 0) is 61.5 Å². The number of amides is 2. The molecule has 0 saturated carbocycles. The summed E-state index contributed by atoms with van der Waals surface area (Å²) in [5.41, 5.74) is 1.61. The quantitative estimate of drug-likeness (QED) is 0.794. The van der Waals surface area contributed by atoms with Crippen LogP contribution in [0.15, 0.2) is 54.6 Å². The Morgan fingerprint density at radius 2 is 1.83 bits per heavy atom. The lowest BCUT2D eigenvalue weighted by molar-refractivity contribution is -0.140. The second-order valence-electron chi connectivity index (χ2n) is 8.12. The van der Waals surface area contributed by atoms with Crippen LogP contribution in [-0.2, 0) is 21.5 Å². The van der Waals surface area contributed by atoms with Crippen molar-refractivity contribution < 1.29 is 14.3 Å². The summed E-state index contributed by atoms with van der Waals surface area (Å²) in [4.78, 5) is 27.6. The van der Waals surface area contributed by atoms with E-state index in [1.807, 2.05) is 30.3 Å². The molecule has 29 heavy (non-hydrogen) atoms. The fourth-order valence-electron chi connectivity index (χ4n) is 4.95. The van der Waals surface area contributed by atoms with Crippen molar-refractivity contribution in [3.05, 3.63) is 65.7 Å². The zero-order valence-electron chi connectivity index (χ0n) is 16.9. The lowest BCUT2D eigenvalue weighted by Crippen LogP contribution is -2.57. The molecule has 2 aliphatic heterocycles. The number of ether oxygens (including phenoxy) is 1. The number of hydrogen-bond donors (Lipinski definition) is 1. The summed E-state index contributed by atoms with van der Waals surface area (Å²) in [5, 5.41) is 2.62. The Kier molecular flexibility index (Phi) is 5.67. The number of carbonyl (C=O) groups is 2. The molecule has 1 unspecified atom stereocenters. The highest BCUT2D eigenvalue weighted by molar-refractivity contribution is 6.03. The maximum Gasteiger partial charge on any atom is 0.237 e. The number of nitrogens with one attached hydrogen (secondary N) is 1. The molecular weight excluding hydrogens is 364 g/mol. The summed E-state index contributed by atoms with van der Waals surface area (Å²) in [5.74, 6) is 0.626. The number of hydrogen-bond acceptors (Lipinski definition) is 4. The number of carbonyl (C=O) groups excluding carboxylic acids is 2. The third-order valence-corrected chi connectivity index (χ3v) is 6.52. The lowest BCUT2D eigenvalue weighted by atomic mass is 9.62. The molecule has 2 aromatic carbocycles. The van der Waals surface area contributed by atoms with Gasteiger partial charge in [0.25, 0.3) is 0 Å². The van der Waals surface area contributed by atoms with Gasteiger partial charge in [0.05, 0.1) is 12.5 Å². The van der Waals surface area contributed by atoms with E-state index < -0.39 is 5.41 Å². The third kappa shape index (κ3) is 3.92. The Morgan fingerprint density at radius 1 is 1.07 bits per heavy atom. The first kappa shape index (κ1) is 19.6. The van der Waals surface area contributed by atoms with Crippen LogP contribution >= 0.6 is 0 Å². The second kappa shape index (κ2) is 8.37. The highest BCUT2D eigenvalue weighted by Gasteiger charge is 2.50. The summed E-state index contributed by atoms with van der Waals surface area (Å²) >= 11 is 0. The minimum atomic E-state index is -0.665. The summed E-state index contributed by atoms with van der Waals surface area (Å²) < 4.78 is 5.41. The van der Waals surface area contributed by atoms with E-state index in [1.165, 1.54) is 5.56 Å². The fourth-order valence-corrected chi connectivity index (χ4v) is 4.95. The monoisotopic (exact) mass is 392 g/mol. The van der Waals surface area contributed by atoms with E-state index in [2.05, 4.69) is 34.5 Å². The van der Waals surface area contributed by atoms with Gasteiger partial charge in [0, 0.05) is 13.0 Å². The third-order valence-electron chi connectivity index (χ3n) is 6.52. The standard InChI is InChI=1S/C24H28N2O3/c1-29-21-9-5-8-20(16-21)24(13-10-22(27)25-23(24)28)19-11-14-26(15-12-19)17-18-6-3-2-4-7-18/h2-9,16,19H,10-15,17H2,1H3,(H,25,27,28). The first-order chi connectivity index (χ1) is 14.1. The van der Waals surface area contributed by atoms with E-state index in [1.54, 1.807) is 7.11 Å². The molecule has 5 nitrogen and oxygen atoms in total. The second-order valence-corrected chi connectivity index (χ2v) is 8.12. The van der Waals surface area contributed by atoms with Gasteiger partial charge < -0.3 is 4.74 Å². The molecule has 2 amide bonds. The number of rotatable bonds is 5. The van der Waals surface area contributed by atoms with Crippen LogP contribution in [0.5, 0.6) is 5.75 Å². The molecule has 2 fully saturated rings. The topological polar surface area (TPSA) is 58.6 Å². The van der Waals surface area contributed by atoms with Gasteiger partial charge in [0.1, 0.15) is 5.75 Å². The normalized spacial score (nSPS) is 23.6. The number of piperidine rings is 2. The van der Waals surface area contributed by atoms with Crippen molar-refractivity contribution in [3.63, 3.8) is 0 Å². The average molecular weight is 392 g/mol. The summed E-state index contributed by atoms with van der Waals surface area (Å²) in [6.45, 7) is 2.84. The van der Waals surface area contributed by atoms with E-state index in [0.717, 1.165) is 43.8 Å². The molecule has 0 aliphatic carbocycles. The van der Waals surface area contributed by atoms with Crippen LogP contribution in [0.1, 0.15) is 36.8 Å². The Hall–Kier alpha value is -2.66. The van der Waals surface area contributed by atoms with Crippen molar-refractivity contribution in [2.45, 2.75) is 37.6 Å². The van der Waals surface area contributed by atoms with Crippen LogP contribution in [-0.4, -0.2) is 36.9 Å². The fraction of sp³-hybridized carbons (Fsp3) is 0.417. The van der Waals surface area contributed by atoms with Crippen LogP contribution in [0, 0.1) is 5.92 Å². The molecule has 4 rings (SSSR count). The van der Waals surface area contributed by atoms with Crippen molar-refractivity contribution >= 4 is 11.8 Å². The molecule has 1 atom stereocenters. The maximum atomic E-state index is 13.2. The number of benzene rings is 2. The smallest absolute Gasteiger partial charge is 0.237 e. The Morgan fingerprint density at radius 3 is 2.52 bits per heavy atom. The Labute approximate surface area is 172 Å². The summed E-state index contributed by atoms with van der Waals surface area (Å²) in [7, 11) is 1.64. The summed E-state index contributed by atoms with van der Waals surface area (Å²) in [6, 6.07) is 18.3. The summed E-state index contributed by atoms with van der Waals surface area (Å²) in [6.07, 6.45) is 2.82. The highest BCUT2D eigenvalue weighted by atomic mass is 16.5. The van der Waals surface area contributed by atoms with E-state index >= 15 is 0 Å². The predicted molar refractivity (Wildman–Crippen MR) is 111 cm³/mol. The van der Waals surface area contributed by atoms with E-state index in [-0.39, 0.29) is 17.7 Å². The van der Waals surface area contributed by atoms with Gasteiger partial charge in [0.2, 0.25) is 11.8 Å². The number of nitrogens with zero attached hydrogens (tertiary/aromatic N) is 1. The van der Waals surface area contributed by atoms with Gasteiger partial charge in [-0.25, -0.2) is 0 Å². The molecule has 1 N–H and O–H groups in total. The van der Waals surface area contributed by atoms with Crippen LogP contribution in [0.25, 0.3) is 0 Å². The first-order valence-corrected chi connectivity index (χ1v) is 10.4. The molecule has 0 aromatic heterocycles. The molecule has 0 radical (unpaired) electrons. The van der Waals surface area contributed by atoms with Crippen molar-refractivity contribution in [2.24, 2.45) is 5.92 Å². The molecule has 5 heteroatoms. The number of imide groups is 1. The van der Waals surface area contributed by atoms with Gasteiger partial charge in [0.15, 0.2) is 0 Å². The van der Waals surface area contributed by atoms with Crippen LogP contribution in [0.2, 0.25) is 0 Å².